The molecule has 7 heteroatoms. The smallest absolute Gasteiger partial charge is 0.317 e. The lowest BCUT2D eigenvalue weighted by Gasteiger charge is -2.33. The van der Waals surface area contributed by atoms with Crippen LogP contribution in [-0.4, -0.2) is 71.5 Å². The summed E-state index contributed by atoms with van der Waals surface area (Å²) in [4.78, 5) is 16.7. The molecule has 1 N–H and O–H groups in total. The van der Waals surface area contributed by atoms with Gasteiger partial charge in [0.15, 0.2) is 0 Å². The van der Waals surface area contributed by atoms with Gasteiger partial charge in [-0.15, -0.1) is 0 Å². The van der Waals surface area contributed by atoms with Crippen molar-refractivity contribution in [3.05, 3.63) is 18.0 Å². The van der Waals surface area contributed by atoms with Gasteiger partial charge in [-0.05, 0) is 26.8 Å². The van der Waals surface area contributed by atoms with Crippen LogP contribution in [0.3, 0.4) is 0 Å². The molecule has 2 amide bonds. The van der Waals surface area contributed by atoms with Crippen molar-refractivity contribution in [2.75, 3.05) is 39.8 Å². The molecule has 1 unspecified atom stereocenters. The largest absolute Gasteiger partial charge is 0.370 e. The van der Waals surface area contributed by atoms with E-state index in [-0.39, 0.29) is 12.1 Å². The molecule has 0 spiro atoms. The van der Waals surface area contributed by atoms with Gasteiger partial charge in [0.2, 0.25) is 0 Å². The number of hydrogen-bond donors (Lipinski definition) is 1. The number of aryl methyl sites for hydroxylation is 1. The average Bonchev–Trinajstić information content (AvgIpc) is 3.33. The van der Waals surface area contributed by atoms with Crippen LogP contribution in [0.5, 0.6) is 0 Å². The maximum Gasteiger partial charge on any atom is 0.317 e. The van der Waals surface area contributed by atoms with Crippen molar-refractivity contribution in [1.29, 1.82) is 0 Å². The molecule has 0 radical (unpaired) electrons. The van der Waals surface area contributed by atoms with Crippen molar-refractivity contribution < 1.29 is 9.53 Å². The molecule has 1 aromatic rings. The number of carbonyl (C=O) groups excluding carboxylic acids is 1. The second kappa shape index (κ2) is 8.67. The zero-order valence-corrected chi connectivity index (χ0v) is 15.5. The maximum atomic E-state index is 12.5. The van der Waals surface area contributed by atoms with Crippen LogP contribution in [0.2, 0.25) is 0 Å². The van der Waals surface area contributed by atoms with Crippen LogP contribution in [0.15, 0.2) is 12.4 Å². The summed E-state index contributed by atoms with van der Waals surface area (Å²) in [6.45, 7) is 6.29. The van der Waals surface area contributed by atoms with E-state index in [9.17, 15) is 4.79 Å². The van der Waals surface area contributed by atoms with Gasteiger partial charge in [-0.25, -0.2) is 4.79 Å². The van der Waals surface area contributed by atoms with Gasteiger partial charge in [0.05, 0.1) is 19.3 Å². The number of hydrogen-bond acceptors (Lipinski definition) is 4. The summed E-state index contributed by atoms with van der Waals surface area (Å²) < 4.78 is 7.71. The third kappa shape index (κ3) is 4.73. The Morgan fingerprint density at radius 1 is 1.44 bits per heavy atom. The number of urea groups is 1. The monoisotopic (exact) mass is 349 g/mol. The van der Waals surface area contributed by atoms with Crippen LogP contribution in [-0.2, 0) is 11.3 Å². The molecule has 140 valence electrons. The number of aromatic nitrogens is 2. The van der Waals surface area contributed by atoms with Gasteiger partial charge in [-0.1, -0.05) is 12.8 Å². The molecule has 1 aromatic heterocycles. The van der Waals surface area contributed by atoms with Gasteiger partial charge in [0.25, 0.3) is 0 Å². The molecule has 2 fully saturated rings. The molecule has 1 saturated heterocycles. The van der Waals surface area contributed by atoms with Gasteiger partial charge < -0.3 is 19.9 Å². The summed E-state index contributed by atoms with van der Waals surface area (Å²) in [6, 6.07) is 0.704. The molecule has 2 heterocycles. The number of ether oxygens (including phenoxy) is 1. The number of morpholine rings is 1. The highest BCUT2D eigenvalue weighted by atomic mass is 16.5. The summed E-state index contributed by atoms with van der Waals surface area (Å²) in [5.74, 6) is 0. The van der Waals surface area contributed by atoms with Crippen molar-refractivity contribution >= 4 is 6.03 Å². The van der Waals surface area contributed by atoms with Crippen LogP contribution < -0.4 is 5.32 Å². The number of amides is 2. The molecule has 0 aromatic carbocycles. The SMILES string of the molecule is CCn1cc(C2CN(C(=O)NCCN(C)C3CCCC3)CCO2)cn1. The summed E-state index contributed by atoms with van der Waals surface area (Å²) in [6.07, 6.45) is 9.02. The fraction of sp³-hybridized carbons (Fsp3) is 0.778. The number of nitrogens with one attached hydrogen (secondary N) is 1. The van der Waals surface area contributed by atoms with Crippen LogP contribution >= 0.6 is 0 Å². The van der Waals surface area contributed by atoms with E-state index in [4.69, 9.17) is 4.74 Å². The zero-order chi connectivity index (χ0) is 17.6. The zero-order valence-electron chi connectivity index (χ0n) is 15.5. The van der Waals surface area contributed by atoms with E-state index in [0.717, 1.165) is 18.7 Å². The first-order valence-corrected chi connectivity index (χ1v) is 9.54. The Kier molecular flexibility index (Phi) is 6.31. The minimum atomic E-state index is -0.0824. The predicted octanol–water partition coefficient (Wildman–Crippen LogP) is 1.86. The van der Waals surface area contributed by atoms with Crippen LogP contribution in [0.1, 0.15) is 44.3 Å². The Balaban J connectivity index is 1.43. The van der Waals surface area contributed by atoms with E-state index in [2.05, 4.69) is 29.3 Å². The molecule has 1 aliphatic carbocycles. The van der Waals surface area contributed by atoms with Crippen LogP contribution in [0.4, 0.5) is 4.79 Å². The van der Waals surface area contributed by atoms with Crippen molar-refractivity contribution in [2.45, 2.75) is 51.3 Å². The second-order valence-corrected chi connectivity index (χ2v) is 7.09. The van der Waals surface area contributed by atoms with Gasteiger partial charge >= 0.3 is 6.03 Å². The fourth-order valence-corrected chi connectivity index (χ4v) is 3.73. The fourth-order valence-electron chi connectivity index (χ4n) is 3.73. The second-order valence-electron chi connectivity index (χ2n) is 7.09. The van der Waals surface area contributed by atoms with Crippen LogP contribution in [0, 0.1) is 0 Å². The lowest BCUT2D eigenvalue weighted by Crippen LogP contribution is -2.48. The molecule has 1 aliphatic heterocycles. The number of rotatable bonds is 6. The third-order valence-electron chi connectivity index (χ3n) is 5.39. The minimum absolute atomic E-state index is 0.0102. The average molecular weight is 349 g/mol. The van der Waals surface area contributed by atoms with Crippen molar-refractivity contribution in [3.63, 3.8) is 0 Å². The first kappa shape index (κ1) is 18.2. The van der Waals surface area contributed by atoms with Gasteiger partial charge in [-0.3, -0.25) is 4.68 Å². The minimum Gasteiger partial charge on any atom is -0.370 e. The Morgan fingerprint density at radius 3 is 2.96 bits per heavy atom. The number of nitrogens with zero attached hydrogens (tertiary/aromatic N) is 4. The Bertz CT molecular complexity index is 555. The molecule has 1 saturated carbocycles. The normalized spacial score (nSPS) is 21.9. The first-order chi connectivity index (χ1) is 12.2. The molecule has 0 bridgehead atoms. The van der Waals surface area contributed by atoms with Gasteiger partial charge in [-0.2, -0.15) is 5.10 Å². The summed E-state index contributed by atoms with van der Waals surface area (Å²) in [5, 5.41) is 7.36. The van der Waals surface area contributed by atoms with Crippen molar-refractivity contribution in [1.82, 2.24) is 24.9 Å². The quantitative estimate of drug-likeness (QED) is 0.851. The van der Waals surface area contributed by atoms with Crippen molar-refractivity contribution in [2.24, 2.45) is 0 Å². The molecule has 1 atom stereocenters. The number of likely N-dealkylation sites (N-methyl/N-ethyl adjacent to an activating group) is 1. The highest BCUT2D eigenvalue weighted by Crippen LogP contribution is 2.22. The van der Waals surface area contributed by atoms with Gasteiger partial charge in [0.1, 0.15) is 6.10 Å². The highest BCUT2D eigenvalue weighted by molar-refractivity contribution is 5.74. The lowest BCUT2D eigenvalue weighted by atomic mass is 10.1. The molecule has 25 heavy (non-hydrogen) atoms. The Labute approximate surface area is 150 Å². The summed E-state index contributed by atoms with van der Waals surface area (Å²) in [7, 11) is 2.16. The van der Waals surface area contributed by atoms with Gasteiger partial charge in [0, 0.05) is 44.0 Å². The topological polar surface area (TPSA) is 62.6 Å². The van der Waals surface area contributed by atoms with E-state index >= 15 is 0 Å². The molecular weight excluding hydrogens is 318 g/mol. The third-order valence-corrected chi connectivity index (χ3v) is 5.39. The Hall–Kier alpha value is -1.60. The van der Waals surface area contributed by atoms with E-state index in [1.54, 1.807) is 0 Å². The van der Waals surface area contributed by atoms with E-state index in [1.165, 1.54) is 25.7 Å². The highest BCUT2D eigenvalue weighted by Gasteiger charge is 2.26. The van der Waals surface area contributed by atoms with E-state index in [1.807, 2.05) is 22.0 Å². The predicted molar refractivity (Wildman–Crippen MR) is 96.5 cm³/mol. The molecule has 7 nitrogen and oxygen atoms in total. The van der Waals surface area contributed by atoms with Crippen LogP contribution in [0.25, 0.3) is 0 Å². The molecule has 3 rings (SSSR count). The molecule has 2 aliphatic rings. The van der Waals surface area contributed by atoms with E-state index < -0.39 is 0 Å². The van der Waals surface area contributed by atoms with Crippen molar-refractivity contribution in [3.8, 4) is 0 Å². The molecular formula is C18H31N5O2. The number of carbonyl (C=O) groups is 1. The first-order valence-electron chi connectivity index (χ1n) is 9.54. The van der Waals surface area contributed by atoms with E-state index in [0.29, 0.717) is 32.3 Å². The Morgan fingerprint density at radius 2 is 2.24 bits per heavy atom. The standard InChI is InChI=1S/C18H31N5O2/c1-3-23-13-15(12-20-23)17-14-22(10-11-25-17)18(24)19-8-9-21(2)16-6-4-5-7-16/h12-13,16-17H,3-11,14H2,1-2H3,(H,19,24). The lowest BCUT2D eigenvalue weighted by molar-refractivity contribution is -0.0155. The maximum absolute atomic E-state index is 12.5. The summed E-state index contributed by atoms with van der Waals surface area (Å²) >= 11 is 0. The summed E-state index contributed by atoms with van der Waals surface area (Å²) in [5.41, 5.74) is 1.04.